The lowest BCUT2D eigenvalue weighted by Crippen LogP contribution is -2.34. The molecule has 1 heterocycles. The molecule has 0 aromatic heterocycles. The van der Waals surface area contributed by atoms with E-state index in [4.69, 9.17) is 0 Å². The van der Waals surface area contributed by atoms with Crippen LogP contribution in [0.2, 0.25) is 0 Å². The third-order valence-electron chi connectivity index (χ3n) is 12.2. The molecule has 0 aliphatic carbocycles. The van der Waals surface area contributed by atoms with E-state index in [1.54, 1.807) is 23.5 Å². The first-order valence-corrected chi connectivity index (χ1v) is 27.2. The van der Waals surface area contributed by atoms with E-state index in [-0.39, 0.29) is 0 Å². The molecule has 1 fully saturated rings. The number of piperidine rings is 1. The highest BCUT2D eigenvalue weighted by molar-refractivity contribution is 8.14. The van der Waals surface area contributed by atoms with Crippen molar-refractivity contribution in [2.45, 2.75) is 264 Å². The molecule has 0 N–H and O–H groups in total. The molecule has 1 saturated heterocycles. The minimum Gasteiger partial charge on any atom is -0.303 e. The van der Waals surface area contributed by atoms with Gasteiger partial charge in [0.1, 0.15) is 0 Å². The lowest BCUT2D eigenvalue weighted by molar-refractivity contribution is -0.111. The Morgan fingerprint density at radius 1 is 0.464 bits per heavy atom. The van der Waals surface area contributed by atoms with Crippen LogP contribution in [0.3, 0.4) is 0 Å². The molecule has 4 nitrogen and oxygen atoms in total. The standard InChI is InChI=1S/C50H98N2O2S2/c1-4-7-10-13-16-25-35-47-55-49(53)39-29-21-17-23-31-41-51(45-36-46-52-43-33-26-34-44-52)42-32-24-18-22-30-40-50(54)56-48(37-27-19-14-11-8-5-2)38-28-20-15-12-9-6-3/h48H,4-47H2,1-3H3. The summed E-state index contributed by atoms with van der Waals surface area (Å²) < 4.78 is 0. The van der Waals surface area contributed by atoms with E-state index in [0.29, 0.717) is 15.5 Å². The summed E-state index contributed by atoms with van der Waals surface area (Å²) in [6, 6.07) is 0. The zero-order chi connectivity index (χ0) is 40.4. The van der Waals surface area contributed by atoms with Crippen molar-refractivity contribution in [2.75, 3.05) is 45.0 Å². The zero-order valence-corrected chi connectivity index (χ0v) is 39.9. The summed E-state index contributed by atoms with van der Waals surface area (Å²) in [4.78, 5) is 30.8. The normalized spacial score (nSPS) is 13.7. The molecule has 0 aromatic carbocycles. The highest BCUT2D eigenvalue weighted by Gasteiger charge is 2.15. The smallest absolute Gasteiger partial charge is 0.189 e. The minimum atomic E-state index is 0.424. The monoisotopic (exact) mass is 823 g/mol. The van der Waals surface area contributed by atoms with Gasteiger partial charge < -0.3 is 9.80 Å². The fraction of sp³-hybridized carbons (Fsp3) is 0.960. The van der Waals surface area contributed by atoms with Gasteiger partial charge in [-0.05, 0) is 103 Å². The molecule has 56 heavy (non-hydrogen) atoms. The van der Waals surface area contributed by atoms with Crippen molar-refractivity contribution in [1.82, 2.24) is 9.80 Å². The molecule has 332 valence electrons. The van der Waals surface area contributed by atoms with Gasteiger partial charge >= 0.3 is 0 Å². The fourth-order valence-electron chi connectivity index (χ4n) is 8.44. The number of hydrogen-bond acceptors (Lipinski definition) is 6. The van der Waals surface area contributed by atoms with Crippen LogP contribution in [-0.2, 0) is 9.59 Å². The Labute approximate surface area is 360 Å². The second-order valence-electron chi connectivity index (χ2n) is 17.7. The Hall–Kier alpha value is -0.0400. The number of carbonyl (C=O) groups excluding carboxylic acids is 2. The van der Waals surface area contributed by atoms with Crippen molar-refractivity contribution in [2.24, 2.45) is 0 Å². The first-order chi connectivity index (χ1) is 27.6. The van der Waals surface area contributed by atoms with Crippen LogP contribution in [0.15, 0.2) is 0 Å². The minimum absolute atomic E-state index is 0.424. The van der Waals surface area contributed by atoms with E-state index < -0.39 is 0 Å². The highest BCUT2D eigenvalue weighted by atomic mass is 32.2. The van der Waals surface area contributed by atoms with E-state index >= 15 is 0 Å². The molecule has 1 aliphatic rings. The van der Waals surface area contributed by atoms with E-state index in [0.717, 1.165) is 31.4 Å². The third kappa shape index (κ3) is 37.0. The molecular formula is C50H98N2O2S2. The van der Waals surface area contributed by atoms with Crippen molar-refractivity contribution in [3.8, 4) is 0 Å². The quantitative estimate of drug-likeness (QED) is 0.0571. The van der Waals surface area contributed by atoms with Crippen LogP contribution >= 0.6 is 23.5 Å². The van der Waals surface area contributed by atoms with E-state index in [2.05, 4.69) is 30.6 Å². The summed E-state index contributed by atoms with van der Waals surface area (Å²) in [5, 5.41) is 1.45. The number of rotatable bonds is 43. The van der Waals surface area contributed by atoms with E-state index in [9.17, 15) is 9.59 Å². The van der Waals surface area contributed by atoms with Crippen LogP contribution in [0.5, 0.6) is 0 Å². The van der Waals surface area contributed by atoms with Crippen LogP contribution in [-0.4, -0.2) is 70.3 Å². The van der Waals surface area contributed by atoms with Gasteiger partial charge in [-0.3, -0.25) is 9.59 Å². The molecule has 0 spiro atoms. The predicted octanol–water partition coefficient (Wildman–Crippen LogP) is 16.0. The molecule has 1 rings (SSSR count). The van der Waals surface area contributed by atoms with Crippen molar-refractivity contribution < 1.29 is 9.59 Å². The second-order valence-corrected chi connectivity index (χ2v) is 20.2. The number of nitrogens with zero attached hydrogens (tertiary/aromatic N) is 2. The maximum atomic E-state index is 13.0. The van der Waals surface area contributed by atoms with Crippen LogP contribution in [0.1, 0.15) is 258 Å². The first kappa shape index (κ1) is 54.0. The van der Waals surface area contributed by atoms with Crippen LogP contribution in [0, 0.1) is 0 Å². The van der Waals surface area contributed by atoms with Gasteiger partial charge in [-0.15, -0.1) is 0 Å². The largest absolute Gasteiger partial charge is 0.303 e. The SMILES string of the molecule is CCCCCCCCCSC(=O)CCCCCCCN(CCCCCCCC(=O)SC(CCCCCCCC)CCCCCCCC)CCCN1CCCCC1. The van der Waals surface area contributed by atoms with Gasteiger partial charge in [0.15, 0.2) is 10.2 Å². The molecule has 6 heteroatoms. The Balaban J connectivity index is 2.26. The van der Waals surface area contributed by atoms with Crippen molar-refractivity contribution in [3.05, 3.63) is 0 Å². The molecule has 0 amide bonds. The molecular weight excluding hydrogens is 725 g/mol. The van der Waals surface area contributed by atoms with Crippen molar-refractivity contribution in [3.63, 3.8) is 0 Å². The van der Waals surface area contributed by atoms with Gasteiger partial charge in [-0.25, -0.2) is 0 Å². The molecule has 0 saturated carbocycles. The van der Waals surface area contributed by atoms with Crippen molar-refractivity contribution >= 4 is 33.8 Å². The Morgan fingerprint density at radius 2 is 0.875 bits per heavy atom. The Kier molecular flexibility index (Phi) is 41.5. The van der Waals surface area contributed by atoms with E-state index in [1.165, 1.54) is 251 Å². The zero-order valence-electron chi connectivity index (χ0n) is 38.2. The maximum Gasteiger partial charge on any atom is 0.189 e. The van der Waals surface area contributed by atoms with Gasteiger partial charge in [0, 0.05) is 23.8 Å². The molecule has 0 bridgehead atoms. The van der Waals surface area contributed by atoms with Gasteiger partial charge in [0.05, 0.1) is 0 Å². The number of thioether (sulfide) groups is 2. The summed E-state index contributed by atoms with van der Waals surface area (Å²) in [6.07, 6.45) is 47.3. The highest BCUT2D eigenvalue weighted by Crippen LogP contribution is 2.27. The van der Waals surface area contributed by atoms with E-state index in [1.807, 2.05) is 0 Å². The first-order valence-electron chi connectivity index (χ1n) is 25.4. The lowest BCUT2D eigenvalue weighted by Gasteiger charge is -2.28. The lowest BCUT2D eigenvalue weighted by atomic mass is 10.0. The third-order valence-corrected chi connectivity index (χ3v) is 14.5. The van der Waals surface area contributed by atoms with Gasteiger partial charge in [0.25, 0.3) is 0 Å². The number of likely N-dealkylation sites (tertiary alicyclic amines) is 1. The van der Waals surface area contributed by atoms with Crippen LogP contribution in [0.25, 0.3) is 0 Å². The van der Waals surface area contributed by atoms with Crippen molar-refractivity contribution in [1.29, 1.82) is 0 Å². The molecule has 0 radical (unpaired) electrons. The number of unbranched alkanes of at least 4 members (excludes halogenated alkanes) is 24. The predicted molar refractivity (Wildman–Crippen MR) is 255 cm³/mol. The molecule has 0 atom stereocenters. The van der Waals surface area contributed by atoms with Gasteiger partial charge in [0.2, 0.25) is 0 Å². The fourth-order valence-corrected chi connectivity index (χ4v) is 10.5. The average molecular weight is 823 g/mol. The van der Waals surface area contributed by atoms with Gasteiger partial charge in [-0.1, -0.05) is 205 Å². The summed E-state index contributed by atoms with van der Waals surface area (Å²) >= 11 is 3.32. The second kappa shape index (κ2) is 43.1. The average Bonchev–Trinajstić information content (AvgIpc) is 3.20. The number of carbonyl (C=O) groups is 2. The number of hydrogen-bond donors (Lipinski definition) is 0. The molecule has 0 aromatic rings. The maximum absolute atomic E-state index is 13.0. The van der Waals surface area contributed by atoms with Gasteiger partial charge in [-0.2, -0.15) is 0 Å². The summed E-state index contributed by atoms with van der Waals surface area (Å²) in [7, 11) is 0. The topological polar surface area (TPSA) is 40.6 Å². The summed E-state index contributed by atoms with van der Waals surface area (Å²) in [5.41, 5.74) is 0. The van der Waals surface area contributed by atoms with Crippen LogP contribution in [0.4, 0.5) is 0 Å². The Bertz CT molecular complexity index is 820. The summed E-state index contributed by atoms with van der Waals surface area (Å²) in [6.45, 7) is 14.4. The molecule has 1 aliphatic heterocycles. The van der Waals surface area contributed by atoms with Crippen LogP contribution < -0.4 is 0 Å². The summed E-state index contributed by atoms with van der Waals surface area (Å²) in [5.74, 6) is 1.03. The molecule has 0 unspecified atom stereocenters. The Morgan fingerprint density at radius 3 is 1.39 bits per heavy atom.